The van der Waals surface area contributed by atoms with Crippen LogP contribution in [0.4, 0.5) is 0 Å². The molecule has 0 heterocycles. The van der Waals surface area contributed by atoms with Gasteiger partial charge in [0.1, 0.15) is 0 Å². The topological polar surface area (TPSA) is 12.4 Å². The van der Waals surface area contributed by atoms with Crippen molar-refractivity contribution in [1.82, 2.24) is 0 Å². The largest absolute Gasteiger partial charge is 0.257 e. The van der Waals surface area contributed by atoms with Crippen LogP contribution < -0.4 is 0 Å². The molecule has 0 rings (SSSR count). The van der Waals surface area contributed by atoms with Crippen LogP contribution >= 0.6 is 0 Å². The van der Waals surface area contributed by atoms with Gasteiger partial charge >= 0.3 is 0 Å². The van der Waals surface area contributed by atoms with Crippen LogP contribution in [0.25, 0.3) is 0 Å². The minimum atomic E-state index is 0.657. The lowest BCUT2D eigenvalue weighted by Crippen LogP contribution is -1.80. The highest BCUT2D eigenvalue weighted by Gasteiger charge is 1.91. The van der Waals surface area contributed by atoms with E-state index in [0.29, 0.717) is 5.70 Å². The molecule has 0 saturated carbocycles. The molecule has 90 valence electrons. The minimum absolute atomic E-state index is 0.657. The monoisotopic (exact) mass is 219 g/mol. The highest BCUT2D eigenvalue weighted by molar-refractivity contribution is 5.72. The first-order valence-electron chi connectivity index (χ1n) is 5.55. The molecule has 0 saturated heterocycles. The number of allylic oxidation sites excluding steroid dienone is 4. The van der Waals surface area contributed by atoms with E-state index in [0.717, 1.165) is 5.57 Å². The van der Waals surface area contributed by atoms with Gasteiger partial charge in [-0.05, 0) is 5.57 Å². The predicted octanol–water partition coefficient (Wildman–Crippen LogP) is 5.11. The van der Waals surface area contributed by atoms with Gasteiger partial charge in [-0.1, -0.05) is 78.3 Å². The van der Waals surface area contributed by atoms with Gasteiger partial charge in [0.25, 0.3) is 0 Å². The molecule has 1 heteroatoms. The molecule has 0 fully saturated rings. The quantitative estimate of drug-likeness (QED) is 0.450. The molecule has 0 aliphatic carbocycles. The fraction of sp³-hybridized carbons (Fsp3) is 0.267. The lowest BCUT2D eigenvalue weighted by Gasteiger charge is -1.97. The maximum atomic E-state index is 4.01. The molecular weight excluding hydrogens is 194 g/mol. The van der Waals surface area contributed by atoms with Crippen LogP contribution in [0.15, 0.2) is 66.9 Å². The Morgan fingerprint density at radius 3 is 1.75 bits per heavy atom. The fourth-order valence-corrected chi connectivity index (χ4v) is 0.626. The Morgan fingerprint density at radius 1 is 0.938 bits per heavy atom. The van der Waals surface area contributed by atoms with E-state index in [1.807, 2.05) is 27.7 Å². The van der Waals surface area contributed by atoms with Crippen molar-refractivity contribution in [2.24, 2.45) is 4.99 Å². The first-order chi connectivity index (χ1) is 7.76. The van der Waals surface area contributed by atoms with E-state index in [1.165, 1.54) is 0 Å². The van der Waals surface area contributed by atoms with Crippen molar-refractivity contribution in [3.63, 3.8) is 0 Å². The molecule has 0 aliphatic rings. The van der Waals surface area contributed by atoms with Gasteiger partial charge in [0, 0.05) is 6.21 Å². The third kappa shape index (κ3) is 12.4. The summed E-state index contributed by atoms with van der Waals surface area (Å²) in [5.41, 5.74) is 1.52. The van der Waals surface area contributed by atoms with E-state index < -0.39 is 0 Å². The smallest absolute Gasteiger partial charge is 0.0629 e. The molecule has 0 amide bonds. The first-order valence-corrected chi connectivity index (χ1v) is 5.55. The number of hydrogen-bond donors (Lipinski definition) is 0. The summed E-state index contributed by atoms with van der Waals surface area (Å²) in [6, 6.07) is 0. The Hall–Kier alpha value is -1.63. The van der Waals surface area contributed by atoms with E-state index >= 15 is 0 Å². The normalized spacial score (nSPS) is 9.12. The van der Waals surface area contributed by atoms with Gasteiger partial charge in [0.05, 0.1) is 5.70 Å². The molecule has 0 aliphatic heterocycles. The van der Waals surface area contributed by atoms with Crippen LogP contribution in [0.1, 0.15) is 27.7 Å². The van der Waals surface area contributed by atoms with Crippen LogP contribution in [-0.4, -0.2) is 6.21 Å². The molecule has 1 nitrogen and oxygen atoms in total. The Kier molecular flexibility index (Phi) is 23.6. The molecular formula is C15H25N. The zero-order valence-electron chi connectivity index (χ0n) is 11.2. The van der Waals surface area contributed by atoms with Crippen molar-refractivity contribution in [3.8, 4) is 0 Å². The Bertz CT molecular complexity index is 255. The summed E-state index contributed by atoms with van der Waals surface area (Å²) >= 11 is 0. The molecule has 0 aromatic rings. The van der Waals surface area contributed by atoms with E-state index in [-0.39, 0.29) is 0 Å². The van der Waals surface area contributed by atoms with Crippen LogP contribution in [0.5, 0.6) is 0 Å². The average molecular weight is 219 g/mol. The third-order valence-corrected chi connectivity index (χ3v) is 1.19. The standard InChI is InChI=1S/C11H13N.2C2H6/c1-5-8-11(7-3)10(4)12-9-6-2;2*1-2/h5-9H,1-4H2;2*1-2H3/b11-8+,12-9?;;. The van der Waals surface area contributed by atoms with Crippen molar-refractivity contribution in [2.45, 2.75) is 27.7 Å². The van der Waals surface area contributed by atoms with E-state index in [1.54, 1.807) is 30.5 Å². The maximum absolute atomic E-state index is 4.01. The molecule has 0 spiro atoms. The zero-order valence-corrected chi connectivity index (χ0v) is 11.2. The number of rotatable bonds is 5. The summed E-state index contributed by atoms with van der Waals surface area (Å²) in [5, 5.41) is 0. The van der Waals surface area contributed by atoms with E-state index in [2.05, 4.69) is 31.3 Å². The van der Waals surface area contributed by atoms with E-state index in [9.17, 15) is 0 Å². The molecule has 0 unspecified atom stereocenters. The van der Waals surface area contributed by atoms with Crippen molar-refractivity contribution in [1.29, 1.82) is 0 Å². The minimum Gasteiger partial charge on any atom is -0.257 e. The Balaban J connectivity index is -0.000000376. The van der Waals surface area contributed by atoms with Crippen LogP contribution in [0, 0.1) is 0 Å². The lowest BCUT2D eigenvalue weighted by atomic mass is 10.2. The lowest BCUT2D eigenvalue weighted by molar-refractivity contribution is 1.38. The zero-order chi connectivity index (χ0) is 13.4. The van der Waals surface area contributed by atoms with Crippen molar-refractivity contribution >= 4 is 6.21 Å². The van der Waals surface area contributed by atoms with Gasteiger partial charge in [-0.3, -0.25) is 4.99 Å². The second kappa shape index (κ2) is 19.0. The maximum Gasteiger partial charge on any atom is 0.0629 e. The summed E-state index contributed by atoms with van der Waals surface area (Å²) in [6.07, 6.45) is 8.34. The molecule has 0 aromatic carbocycles. The van der Waals surface area contributed by atoms with Gasteiger partial charge < -0.3 is 0 Å². The SMILES string of the molecule is C=CC=NC(=C)/C(C=C)=C/C=C.CC.CC. The molecule has 0 atom stereocenters. The molecule has 0 bridgehead atoms. The summed E-state index contributed by atoms with van der Waals surface area (Å²) in [5.74, 6) is 0. The van der Waals surface area contributed by atoms with Gasteiger partial charge in [-0.2, -0.15) is 0 Å². The highest BCUT2D eigenvalue weighted by atomic mass is 14.7. The van der Waals surface area contributed by atoms with E-state index in [4.69, 9.17) is 0 Å². The highest BCUT2D eigenvalue weighted by Crippen LogP contribution is 2.09. The number of aliphatic imine (C=N–C) groups is 1. The summed E-state index contributed by atoms with van der Waals surface area (Å²) in [4.78, 5) is 4.01. The fourth-order valence-electron chi connectivity index (χ4n) is 0.626. The molecule has 0 radical (unpaired) electrons. The third-order valence-electron chi connectivity index (χ3n) is 1.19. The van der Waals surface area contributed by atoms with Crippen molar-refractivity contribution in [2.75, 3.05) is 0 Å². The van der Waals surface area contributed by atoms with Crippen molar-refractivity contribution in [3.05, 3.63) is 61.9 Å². The predicted molar refractivity (Wildman–Crippen MR) is 79.0 cm³/mol. The molecule has 0 N–H and O–H groups in total. The second-order valence-electron chi connectivity index (χ2n) is 2.02. The number of nitrogens with zero attached hydrogens (tertiary/aromatic N) is 1. The van der Waals surface area contributed by atoms with Crippen LogP contribution in [0.2, 0.25) is 0 Å². The average Bonchev–Trinajstić information content (AvgIpc) is 2.37. The molecule has 16 heavy (non-hydrogen) atoms. The summed E-state index contributed by atoms with van der Waals surface area (Å²) in [6.45, 7) is 22.5. The number of hydrogen-bond acceptors (Lipinski definition) is 1. The Labute approximate surface area is 101 Å². The van der Waals surface area contributed by atoms with Gasteiger partial charge in [0.15, 0.2) is 0 Å². The first kappa shape index (κ1) is 19.9. The Morgan fingerprint density at radius 2 is 1.44 bits per heavy atom. The molecule has 0 aromatic heterocycles. The van der Waals surface area contributed by atoms with Gasteiger partial charge in [0.2, 0.25) is 0 Å². The second-order valence-corrected chi connectivity index (χ2v) is 2.02. The van der Waals surface area contributed by atoms with Crippen LogP contribution in [0.3, 0.4) is 0 Å². The summed E-state index contributed by atoms with van der Waals surface area (Å²) in [7, 11) is 0. The summed E-state index contributed by atoms with van der Waals surface area (Å²) < 4.78 is 0. The van der Waals surface area contributed by atoms with Crippen molar-refractivity contribution < 1.29 is 0 Å². The van der Waals surface area contributed by atoms with Crippen LogP contribution in [-0.2, 0) is 0 Å². The van der Waals surface area contributed by atoms with Gasteiger partial charge in [-0.25, -0.2) is 0 Å². The van der Waals surface area contributed by atoms with Gasteiger partial charge in [-0.15, -0.1) is 0 Å².